The Bertz CT molecular complexity index is 1300. The summed E-state index contributed by atoms with van der Waals surface area (Å²) in [5.41, 5.74) is 5.08. The van der Waals surface area contributed by atoms with Crippen LogP contribution in [0, 0.1) is 23.7 Å². The van der Waals surface area contributed by atoms with Gasteiger partial charge in [0, 0.05) is 0 Å². The average molecular weight is 559 g/mol. The van der Waals surface area contributed by atoms with Crippen LogP contribution in [-0.2, 0) is 0 Å². The Morgan fingerprint density at radius 2 is 0.951 bits per heavy atom. The van der Waals surface area contributed by atoms with Gasteiger partial charge in [0.1, 0.15) is 0 Å². The average Bonchev–Trinajstić information content (AvgIpc) is 3.33. The van der Waals surface area contributed by atoms with Crippen LogP contribution in [0.1, 0.15) is 102 Å². The van der Waals surface area contributed by atoms with Crippen LogP contribution in [0.2, 0.25) is 5.54 Å². The molecule has 0 saturated heterocycles. The maximum Gasteiger partial charge on any atom is 0.152 e. The second-order valence-electron chi connectivity index (χ2n) is 14.2. The van der Waals surface area contributed by atoms with Crippen LogP contribution in [0.25, 0.3) is 0 Å². The molecule has 6 rings (SSSR count). The Morgan fingerprint density at radius 3 is 1.39 bits per heavy atom. The lowest BCUT2D eigenvalue weighted by Gasteiger charge is -2.46. The van der Waals surface area contributed by atoms with Gasteiger partial charge in [-0.05, 0) is 85.6 Å². The Labute approximate surface area is 251 Å². The van der Waals surface area contributed by atoms with Gasteiger partial charge in [0.05, 0.1) is 0 Å². The molecule has 5 atom stereocenters. The zero-order valence-corrected chi connectivity index (χ0v) is 27.2. The molecular weight excluding hydrogens is 509 g/mol. The molecule has 0 N–H and O–H groups in total. The highest BCUT2D eigenvalue weighted by molar-refractivity contribution is 7.12. The lowest BCUT2D eigenvalue weighted by molar-refractivity contribution is 0.247. The summed E-state index contributed by atoms with van der Waals surface area (Å²) < 4.78 is 0. The van der Waals surface area contributed by atoms with Crippen molar-refractivity contribution in [3.05, 3.63) is 114 Å². The summed E-state index contributed by atoms with van der Waals surface area (Å²) in [6.07, 6.45) is 15.6. The molecule has 0 aliphatic heterocycles. The minimum absolute atomic E-state index is 0.516. The summed E-state index contributed by atoms with van der Waals surface area (Å²) in [6, 6.07) is 29.8. The van der Waals surface area contributed by atoms with E-state index < -0.39 is 8.07 Å². The normalized spacial score (nSPS) is 25.6. The zero-order chi connectivity index (χ0) is 28.7. The van der Waals surface area contributed by atoms with Crippen LogP contribution in [0.4, 0.5) is 0 Å². The first-order chi connectivity index (χ1) is 19.8. The first-order valence-corrected chi connectivity index (χ1v) is 18.6. The topological polar surface area (TPSA) is 0 Å². The number of hydrogen-bond donors (Lipinski definition) is 0. The third-order valence-corrected chi connectivity index (χ3v) is 16.5. The van der Waals surface area contributed by atoms with Crippen molar-refractivity contribution in [3.8, 4) is 0 Å². The van der Waals surface area contributed by atoms with Crippen molar-refractivity contribution in [2.24, 2.45) is 23.7 Å². The molecule has 3 aliphatic carbocycles. The minimum Gasteiger partial charge on any atom is -0.0808 e. The van der Waals surface area contributed by atoms with Gasteiger partial charge in [-0.1, -0.05) is 158 Å². The highest BCUT2D eigenvalue weighted by atomic mass is 28.3. The van der Waals surface area contributed by atoms with Gasteiger partial charge in [-0.15, -0.1) is 0 Å². The fourth-order valence-electron chi connectivity index (χ4n) is 8.94. The minimum atomic E-state index is -2.52. The Hall–Kier alpha value is -2.64. The van der Waals surface area contributed by atoms with Crippen LogP contribution < -0.4 is 15.6 Å². The SMILES string of the molecule is CC(C)c1cccc([Si](c2cccc(C(C)C)c2)(c2cccc(C(C)C)c2)C2C3C=CC=CC3C3CCCCC32)c1. The summed E-state index contributed by atoms with van der Waals surface area (Å²) in [5, 5.41) is 4.88. The first-order valence-electron chi connectivity index (χ1n) is 16.5. The van der Waals surface area contributed by atoms with Crippen molar-refractivity contribution in [2.75, 3.05) is 0 Å². The van der Waals surface area contributed by atoms with Crippen LogP contribution >= 0.6 is 0 Å². The maximum absolute atomic E-state index is 2.65. The van der Waals surface area contributed by atoms with E-state index in [0.29, 0.717) is 35.1 Å². The molecule has 3 aliphatic rings. The van der Waals surface area contributed by atoms with Gasteiger partial charge in [-0.25, -0.2) is 0 Å². The highest BCUT2D eigenvalue weighted by Crippen LogP contribution is 2.60. The molecule has 3 aromatic rings. The van der Waals surface area contributed by atoms with Gasteiger partial charge < -0.3 is 0 Å². The van der Waals surface area contributed by atoms with Crippen LogP contribution in [0.5, 0.6) is 0 Å². The fourth-order valence-corrected chi connectivity index (χ4v) is 15.3. The predicted molar refractivity (Wildman–Crippen MR) is 181 cm³/mol. The van der Waals surface area contributed by atoms with Gasteiger partial charge >= 0.3 is 0 Å². The van der Waals surface area contributed by atoms with E-state index in [1.807, 2.05) is 0 Å². The van der Waals surface area contributed by atoms with Gasteiger partial charge in [0.15, 0.2) is 8.07 Å². The number of hydrogen-bond acceptors (Lipinski definition) is 0. The lowest BCUT2D eigenvalue weighted by Crippen LogP contribution is -2.71. The van der Waals surface area contributed by atoms with Crippen molar-refractivity contribution in [3.63, 3.8) is 0 Å². The Kier molecular flexibility index (Phi) is 8.03. The van der Waals surface area contributed by atoms with Crippen molar-refractivity contribution < 1.29 is 0 Å². The molecule has 0 radical (unpaired) electrons. The van der Waals surface area contributed by atoms with Crippen molar-refractivity contribution >= 4 is 23.6 Å². The molecule has 1 heteroatoms. The summed E-state index contributed by atoms with van der Waals surface area (Å²) in [7, 11) is -2.52. The van der Waals surface area contributed by atoms with E-state index in [1.165, 1.54) is 42.4 Å². The maximum atomic E-state index is 2.65. The molecule has 41 heavy (non-hydrogen) atoms. The molecule has 0 heterocycles. The fraction of sp³-hybridized carbons (Fsp3) is 0.450. The molecule has 214 valence electrons. The second-order valence-corrected chi connectivity index (χ2v) is 18.2. The van der Waals surface area contributed by atoms with E-state index in [1.54, 1.807) is 15.6 Å². The van der Waals surface area contributed by atoms with Crippen LogP contribution in [-0.4, -0.2) is 8.07 Å². The second kappa shape index (κ2) is 11.6. The molecule has 5 unspecified atom stereocenters. The Morgan fingerprint density at radius 1 is 0.537 bits per heavy atom. The standard InChI is InChI=1S/C40H50Si/c1-27(2)30-14-11-17-33(24-30)41(34-18-12-15-31(25-34)28(3)4,35-19-13-16-32(26-35)29(5)6)40-38-22-9-7-20-36(38)37-21-8-10-23-39(37)40/h7,9,11-20,22,24-29,36-40H,8,10,21,23H2,1-6H3. The number of allylic oxidation sites excluding steroid dienone is 4. The molecule has 0 aromatic heterocycles. The summed E-state index contributed by atoms with van der Waals surface area (Å²) in [6.45, 7) is 14.2. The lowest BCUT2D eigenvalue weighted by atomic mass is 9.77. The molecule has 0 nitrogen and oxygen atoms in total. The number of fused-ring (bicyclic) bond motifs is 3. The molecule has 0 bridgehead atoms. The van der Waals surface area contributed by atoms with E-state index in [2.05, 4.69) is 139 Å². The van der Waals surface area contributed by atoms with E-state index >= 15 is 0 Å². The first kappa shape index (κ1) is 28.5. The molecule has 2 saturated carbocycles. The van der Waals surface area contributed by atoms with Gasteiger partial charge in [0.25, 0.3) is 0 Å². The highest BCUT2D eigenvalue weighted by Gasteiger charge is 2.60. The van der Waals surface area contributed by atoms with E-state index in [-0.39, 0.29) is 0 Å². The molecule has 3 aromatic carbocycles. The van der Waals surface area contributed by atoms with Crippen molar-refractivity contribution in [1.29, 1.82) is 0 Å². The van der Waals surface area contributed by atoms with Crippen LogP contribution in [0.15, 0.2) is 97.1 Å². The Balaban J connectivity index is 1.73. The van der Waals surface area contributed by atoms with Crippen molar-refractivity contribution in [1.82, 2.24) is 0 Å². The smallest absolute Gasteiger partial charge is 0.0808 e. The predicted octanol–water partition coefficient (Wildman–Crippen LogP) is 9.08. The molecule has 2 fully saturated rings. The summed E-state index contributed by atoms with van der Waals surface area (Å²) in [5.74, 6) is 4.41. The van der Waals surface area contributed by atoms with Crippen molar-refractivity contribution in [2.45, 2.75) is 90.5 Å². The van der Waals surface area contributed by atoms with Gasteiger partial charge in [-0.2, -0.15) is 0 Å². The summed E-state index contributed by atoms with van der Waals surface area (Å²) in [4.78, 5) is 0. The van der Waals surface area contributed by atoms with E-state index in [4.69, 9.17) is 0 Å². The van der Waals surface area contributed by atoms with Gasteiger partial charge in [0.2, 0.25) is 0 Å². The number of benzene rings is 3. The van der Waals surface area contributed by atoms with Gasteiger partial charge in [-0.3, -0.25) is 0 Å². The molecular formula is C40H50Si. The monoisotopic (exact) mass is 558 g/mol. The van der Waals surface area contributed by atoms with E-state index in [9.17, 15) is 0 Å². The largest absolute Gasteiger partial charge is 0.152 e. The third-order valence-electron chi connectivity index (χ3n) is 11.0. The molecule has 0 spiro atoms. The molecule has 0 amide bonds. The van der Waals surface area contributed by atoms with E-state index in [0.717, 1.165) is 11.8 Å². The third kappa shape index (κ3) is 4.93. The summed E-state index contributed by atoms with van der Waals surface area (Å²) >= 11 is 0. The number of rotatable bonds is 7. The zero-order valence-electron chi connectivity index (χ0n) is 26.2. The van der Waals surface area contributed by atoms with Crippen LogP contribution in [0.3, 0.4) is 0 Å². The quantitative estimate of drug-likeness (QED) is 0.200.